The van der Waals surface area contributed by atoms with Gasteiger partial charge >= 0.3 is 0 Å². The molecule has 2 N–H and O–H groups in total. The van der Waals surface area contributed by atoms with E-state index in [1.807, 2.05) is 19.1 Å². The fraction of sp³-hybridized carbons (Fsp3) is 0.471. The Morgan fingerprint density at radius 2 is 2.05 bits per heavy atom. The van der Waals surface area contributed by atoms with Crippen LogP contribution in [0.25, 0.3) is 0 Å². The number of hydrogen-bond acceptors (Lipinski definition) is 2. The molecule has 0 atom stereocenters. The third-order valence-electron chi connectivity index (χ3n) is 3.50. The van der Waals surface area contributed by atoms with Gasteiger partial charge in [0.2, 0.25) is 0 Å². The van der Waals surface area contributed by atoms with Crippen LogP contribution in [0.3, 0.4) is 0 Å². The predicted octanol–water partition coefficient (Wildman–Crippen LogP) is 2.50. The Balaban J connectivity index is 2.81. The number of carbonyl (C=O) groups excluding carboxylic acids is 1. The van der Waals surface area contributed by atoms with Gasteiger partial charge in [0.05, 0.1) is 0 Å². The van der Waals surface area contributed by atoms with E-state index in [0.717, 1.165) is 24.0 Å². The molecule has 1 amide bonds. The lowest BCUT2D eigenvalue weighted by Crippen LogP contribution is -2.29. The first-order valence-corrected chi connectivity index (χ1v) is 7.10. The van der Waals surface area contributed by atoms with Gasteiger partial charge in [-0.1, -0.05) is 44.6 Å². The zero-order valence-corrected chi connectivity index (χ0v) is 12.5. The van der Waals surface area contributed by atoms with Crippen LogP contribution in [0.15, 0.2) is 18.2 Å². The molecule has 0 bridgehead atoms. The highest BCUT2D eigenvalue weighted by molar-refractivity contribution is 5.96. The quantitative estimate of drug-likeness (QED) is 0.810. The summed E-state index contributed by atoms with van der Waals surface area (Å²) in [6, 6.07) is 5.52. The number of nitrogens with one attached hydrogen (secondary N) is 1. The standard InChI is InChI=1S/C17H23NO2/c1-4-14(5-2)12-18-17(20)16-11-15(7-6-10-19)9-8-13(16)3/h8-9,11,14,19H,4-5,10,12H2,1-3H3,(H,18,20). The van der Waals surface area contributed by atoms with Crippen LogP contribution in [-0.4, -0.2) is 24.2 Å². The van der Waals surface area contributed by atoms with Gasteiger partial charge in [-0.3, -0.25) is 4.79 Å². The molecule has 1 rings (SSSR count). The van der Waals surface area contributed by atoms with E-state index in [0.29, 0.717) is 18.0 Å². The van der Waals surface area contributed by atoms with Crippen molar-refractivity contribution < 1.29 is 9.90 Å². The maximum Gasteiger partial charge on any atom is 0.251 e. The van der Waals surface area contributed by atoms with Crippen molar-refractivity contribution in [2.24, 2.45) is 5.92 Å². The minimum Gasteiger partial charge on any atom is -0.384 e. The Kier molecular flexibility index (Phi) is 6.83. The van der Waals surface area contributed by atoms with Crippen molar-refractivity contribution in [2.45, 2.75) is 33.6 Å². The van der Waals surface area contributed by atoms with Crippen LogP contribution in [0.5, 0.6) is 0 Å². The lowest BCUT2D eigenvalue weighted by Gasteiger charge is -2.14. The van der Waals surface area contributed by atoms with Gasteiger partial charge in [0.25, 0.3) is 5.91 Å². The highest BCUT2D eigenvalue weighted by Crippen LogP contribution is 2.12. The third kappa shape index (κ3) is 4.71. The van der Waals surface area contributed by atoms with E-state index < -0.39 is 0 Å². The van der Waals surface area contributed by atoms with Crippen molar-refractivity contribution in [2.75, 3.05) is 13.2 Å². The molecule has 0 saturated heterocycles. The molecule has 108 valence electrons. The second kappa shape index (κ2) is 8.39. The molecule has 0 aliphatic carbocycles. The molecule has 0 unspecified atom stereocenters. The first-order chi connectivity index (χ1) is 9.62. The highest BCUT2D eigenvalue weighted by atomic mass is 16.2. The summed E-state index contributed by atoms with van der Waals surface area (Å²) < 4.78 is 0. The summed E-state index contributed by atoms with van der Waals surface area (Å²) in [5, 5.41) is 11.7. The number of hydrogen-bond donors (Lipinski definition) is 2. The summed E-state index contributed by atoms with van der Waals surface area (Å²) >= 11 is 0. The first kappa shape index (κ1) is 16.3. The Labute approximate surface area is 121 Å². The minimum atomic E-state index is -0.177. The van der Waals surface area contributed by atoms with Gasteiger partial charge < -0.3 is 10.4 Å². The molecule has 0 aromatic heterocycles. The number of aryl methyl sites for hydroxylation is 1. The fourth-order valence-corrected chi connectivity index (χ4v) is 2.00. The molecule has 20 heavy (non-hydrogen) atoms. The summed E-state index contributed by atoms with van der Waals surface area (Å²) in [6.07, 6.45) is 2.13. The Bertz CT molecular complexity index is 507. The zero-order valence-electron chi connectivity index (χ0n) is 12.5. The largest absolute Gasteiger partial charge is 0.384 e. The van der Waals surface area contributed by atoms with Crippen LogP contribution < -0.4 is 5.32 Å². The SMILES string of the molecule is CCC(CC)CNC(=O)c1cc(C#CCO)ccc1C. The van der Waals surface area contributed by atoms with E-state index >= 15 is 0 Å². The average Bonchev–Trinajstić information content (AvgIpc) is 2.47. The van der Waals surface area contributed by atoms with Crippen LogP contribution in [0.2, 0.25) is 0 Å². The lowest BCUT2D eigenvalue weighted by molar-refractivity contribution is 0.0946. The van der Waals surface area contributed by atoms with Gasteiger partial charge in [-0.15, -0.1) is 0 Å². The normalized spacial score (nSPS) is 10.1. The van der Waals surface area contributed by atoms with Crippen LogP contribution in [0, 0.1) is 24.7 Å². The van der Waals surface area contributed by atoms with Crippen LogP contribution in [-0.2, 0) is 0 Å². The van der Waals surface area contributed by atoms with Crippen molar-refractivity contribution >= 4 is 5.91 Å². The van der Waals surface area contributed by atoms with E-state index in [-0.39, 0.29) is 12.5 Å². The fourth-order valence-electron chi connectivity index (χ4n) is 2.00. The molecular weight excluding hydrogens is 250 g/mol. The summed E-state index contributed by atoms with van der Waals surface area (Å²) in [5.41, 5.74) is 2.33. The van der Waals surface area contributed by atoms with E-state index in [1.54, 1.807) is 6.07 Å². The van der Waals surface area contributed by atoms with Crippen molar-refractivity contribution in [3.05, 3.63) is 34.9 Å². The average molecular weight is 273 g/mol. The first-order valence-electron chi connectivity index (χ1n) is 7.10. The molecule has 0 heterocycles. The molecule has 0 saturated carbocycles. The van der Waals surface area contributed by atoms with Crippen molar-refractivity contribution in [3.8, 4) is 11.8 Å². The smallest absolute Gasteiger partial charge is 0.251 e. The number of aliphatic hydroxyl groups excluding tert-OH is 1. The molecular formula is C17H23NO2. The summed E-state index contributed by atoms with van der Waals surface area (Å²) in [7, 11) is 0. The van der Waals surface area contributed by atoms with Crippen LogP contribution >= 0.6 is 0 Å². The molecule has 0 radical (unpaired) electrons. The summed E-state index contributed by atoms with van der Waals surface area (Å²) in [6.45, 7) is 6.71. The second-order valence-electron chi connectivity index (χ2n) is 4.88. The highest BCUT2D eigenvalue weighted by Gasteiger charge is 2.11. The molecule has 3 heteroatoms. The van der Waals surface area contributed by atoms with Crippen molar-refractivity contribution in [3.63, 3.8) is 0 Å². The van der Waals surface area contributed by atoms with Gasteiger partial charge in [-0.2, -0.15) is 0 Å². The minimum absolute atomic E-state index is 0.0537. The molecule has 3 nitrogen and oxygen atoms in total. The number of amides is 1. The topological polar surface area (TPSA) is 49.3 Å². The van der Waals surface area contributed by atoms with E-state index in [9.17, 15) is 4.79 Å². The Hall–Kier alpha value is -1.79. The Morgan fingerprint density at radius 3 is 2.65 bits per heavy atom. The number of aliphatic hydroxyl groups is 1. The van der Waals surface area contributed by atoms with Gasteiger partial charge in [0.15, 0.2) is 0 Å². The van der Waals surface area contributed by atoms with E-state index in [4.69, 9.17) is 5.11 Å². The van der Waals surface area contributed by atoms with E-state index in [2.05, 4.69) is 31.0 Å². The molecule has 1 aromatic carbocycles. The van der Waals surface area contributed by atoms with Gasteiger partial charge in [-0.25, -0.2) is 0 Å². The number of carbonyl (C=O) groups is 1. The van der Waals surface area contributed by atoms with Crippen molar-refractivity contribution in [1.82, 2.24) is 5.32 Å². The molecule has 0 aliphatic heterocycles. The zero-order chi connectivity index (χ0) is 15.0. The van der Waals surface area contributed by atoms with Gasteiger partial charge in [-0.05, 0) is 30.5 Å². The van der Waals surface area contributed by atoms with Gasteiger partial charge in [0.1, 0.15) is 6.61 Å². The van der Waals surface area contributed by atoms with Crippen LogP contribution in [0.1, 0.15) is 48.2 Å². The summed E-state index contributed by atoms with van der Waals surface area (Å²) in [4.78, 5) is 12.2. The molecule has 1 aromatic rings. The molecule has 0 fully saturated rings. The van der Waals surface area contributed by atoms with Crippen LogP contribution in [0.4, 0.5) is 0 Å². The second-order valence-corrected chi connectivity index (χ2v) is 4.88. The molecule has 0 spiro atoms. The van der Waals surface area contributed by atoms with E-state index in [1.165, 1.54) is 0 Å². The third-order valence-corrected chi connectivity index (χ3v) is 3.50. The maximum atomic E-state index is 12.2. The summed E-state index contributed by atoms with van der Waals surface area (Å²) in [5.74, 6) is 5.89. The molecule has 0 aliphatic rings. The lowest BCUT2D eigenvalue weighted by atomic mass is 10.0. The number of benzene rings is 1. The van der Waals surface area contributed by atoms with Gasteiger partial charge in [0, 0.05) is 17.7 Å². The predicted molar refractivity (Wildman–Crippen MR) is 81.5 cm³/mol. The monoisotopic (exact) mass is 273 g/mol. The van der Waals surface area contributed by atoms with Crippen molar-refractivity contribution in [1.29, 1.82) is 0 Å². The number of rotatable bonds is 5. The maximum absolute atomic E-state index is 12.2. The Morgan fingerprint density at radius 1 is 1.35 bits per heavy atom.